The summed E-state index contributed by atoms with van der Waals surface area (Å²) in [5, 5.41) is 34.0. The minimum atomic E-state index is -1.73. The summed E-state index contributed by atoms with van der Waals surface area (Å²) in [7, 11) is 0. The van der Waals surface area contributed by atoms with E-state index in [1.807, 2.05) is 5.32 Å². The Balaban J connectivity index is 5.62. The van der Waals surface area contributed by atoms with Gasteiger partial charge in [0.05, 0.1) is 18.6 Å². The second kappa shape index (κ2) is 14.0. The van der Waals surface area contributed by atoms with Crippen LogP contribution in [0.3, 0.4) is 0 Å². The van der Waals surface area contributed by atoms with E-state index in [0.717, 1.165) is 6.92 Å². The van der Waals surface area contributed by atoms with E-state index in [1.165, 1.54) is 0 Å². The monoisotopic (exact) mass is 475 g/mol. The molecule has 0 radical (unpaired) electrons. The van der Waals surface area contributed by atoms with Gasteiger partial charge in [-0.15, -0.1) is 0 Å². The van der Waals surface area contributed by atoms with E-state index in [0.29, 0.717) is 6.42 Å². The number of carbonyl (C=O) groups excluding carboxylic acids is 4. The molecule has 0 bridgehead atoms. The number of nitrogens with two attached hydrogens (primary N) is 2. The van der Waals surface area contributed by atoms with Crippen LogP contribution in [0.25, 0.3) is 0 Å². The van der Waals surface area contributed by atoms with Gasteiger partial charge in [-0.2, -0.15) is 0 Å². The molecule has 0 fully saturated rings. The lowest BCUT2D eigenvalue weighted by Crippen LogP contribution is -2.59. The Morgan fingerprint density at radius 2 is 1.39 bits per heavy atom. The number of aliphatic carboxylic acids is 2. The molecule has 0 aliphatic heterocycles. The van der Waals surface area contributed by atoms with Crippen LogP contribution < -0.4 is 27.4 Å². The van der Waals surface area contributed by atoms with Crippen molar-refractivity contribution in [2.24, 2.45) is 17.4 Å². The molecule has 0 aromatic carbocycles. The van der Waals surface area contributed by atoms with Crippen LogP contribution in [0.15, 0.2) is 0 Å². The van der Waals surface area contributed by atoms with Crippen molar-refractivity contribution >= 4 is 35.6 Å². The molecule has 188 valence electrons. The molecule has 0 spiro atoms. The SMILES string of the molecule is CCC(C)C(N)C(=O)NC(CC(N)=O)C(=O)NC(CCC(=O)O)C(=O)NC(C(=O)O)C(C)O. The number of amides is 4. The topological polar surface area (TPSA) is 251 Å². The number of rotatable bonds is 15. The fourth-order valence-electron chi connectivity index (χ4n) is 2.64. The van der Waals surface area contributed by atoms with Gasteiger partial charge in [-0.1, -0.05) is 20.3 Å². The molecule has 0 aromatic heterocycles. The van der Waals surface area contributed by atoms with Gasteiger partial charge in [0.15, 0.2) is 6.04 Å². The maximum absolute atomic E-state index is 12.7. The first-order chi connectivity index (χ1) is 15.2. The number of hydrogen-bond donors (Lipinski definition) is 8. The first kappa shape index (κ1) is 29.7. The van der Waals surface area contributed by atoms with Crippen LogP contribution in [-0.4, -0.2) is 81.2 Å². The number of carboxylic acids is 2. The summed E-state index contributed by atoms with van der Waals surface area (Å²) >= 11 is 0. The van der Waals surface area contributed by atoms with Crippen LogP contribution in [0, 0.1) is 5.92 Å². The molecular formula is C19H33N5O9. The first-order valence-electron chi connectivity index (χ1n) is 10.3. The van der Waals surface area contributed by atoms with Crippen LogP contribution in [0.1, 0.15) is 46.5 Å². The fourth-order valence-corrected chi connectivity index (χ4v) is 2.64. The van der Waals surface area contributed by atoms with Gasteiger partial charge < -0.3 is 42.7 Å². The molecule has 14 heteroatoms. The Labute approximate surface area is 190 Å². The molecule has 0 heterocycles. The van der Waals surface area contributed by atoms with Gasteiger partial charge >= 0.3 is 11.9 Å². The number of aliphatic hydroxyl groups is 1. The van der Waals surface area contributed by atoms with E-state index < -0.39 is 85.1 Å². The van der Waals surface area contributed by atoms with E-state index in [1.54, 1.807) is 13.8 Å². The minimum absolute atomic E-state index is 0.246. The minimum Gasteiger partial charge on any atom is -0.481 e. The van der Waals surface area contributed by atoms with Crippen LogP contribution in [0.2, 0.25) is 0 Å². The molecule has 0 saturated heterocycles. The fraction of sp³-hybridized carbons (Fsp3) is 0.684. The molecule has 0 saturated carbocycles. The summed E-state index contributed by atoms with van der Waals surface area (Å²) in [6.07, 6.45) is -2.58. The average molecular weight is 475 g/mol. The molecule has 0 aliphatic carbocycles. The highest BCUT2D eigenvalue weighted by Crippen LogP contribution is 2.07. The van der Waals surface area contributed by atoms with E-state index in [4.69, 9.17) is 21.7 Å². The molecule has 6 atom stereocenters. The zero-order valence-corrected chi connectivity index (χ0v) is 18.7. The highest BCUT2D eigenvalue weighted by molar-refractivity contribution is 5.96. The molecule has 0 rings (SSSR count). The highest BCUT2D eigenvalue weighted by atomic mass is 16.4. The normalized spacial score (nSPS) is 16.3. The number of carbonyl (C=O) groups is 6. The van der Waals surface area contributed by atoms with Gasteiger partial charge in [0.25, 0.3) is 0 Å². The van der Waals surface area contributed by atoms with E-state index in [2.05, 4.69) is 10.6 Å². The molecule has 0 aliphatic rings. The number of aliphatic hydroxyl groups excluding tert-OH is 1. The van der Waals surface area contributed by atoms with Crippen molar-refractivity contribution in [1.82, 2.24) is 16.0 Å². The number of primary amides is 1. The summed E-state index contributed by atoms with van der Waals surface area (Å²) in [5.41, 5.74) is 11.0. The number of carboxylic acid groups (broad SMARTS) is 2. The quantitative estimate of drug-likeness (QED) is 0.119. The lowest BCUT2D eigenvalue weighted by Gasteiger charge is -2.26. The largest absolute Gasteiger partial charge is 0.481 e. The second-order valence-corrected chi connectivity index (χ2v) is 7.70. The van der Waals surface area contributed by atoms with Gasteiger partial charge in [0.1, 0.15) is 12.1 Å². The van der Waals surface area contributed by atoms with Gasteiger partial charge in [-0.25, -0.2) is 4.79 Å². The summed E-state index contributed by atoms with van der Waals surface area (Å²) in [4.78, 5) is 71.1. The zero-order valence-electron chi connectivity index (χ0n) is 18.7. The molecule has 14 nitrogen and oxygen atoms in total. The van der Waals surface area contributed by atoms with E-state index in [9.17, 15) is 33.9 Å². The van der Waals surface area contributed by atoms with Crippen molar-refractivity contribution in [2.45, 2.75) is 76.7 Å². The second-order valence-electron chi connectivity index (χ2n) is 7.70. The van der Waals surface area contributed by atoms with E-state index >= 15 is 0 Å². The summed E-state index contributed by atoms with van der Waals surface area (Å²) in [5.74, 6) is -6.90. The van der Waals surface area contributed by atoms with Crippen molar-refractivity contribution in [3.05, 3.63) is 0 Å². The van der Waals surface area contributed by atoms with Crippen LogP contribution in [0.4, 0.5) is 0 Å². The molecule has 0 aromatic rings. The van der Waals surface area contributed by atoms with Crippen LogP contribution in [-0.2, 0) is 28.8 Å². The first-order valence-corrected chi connectivity index (χ1v) is 10.3. The van der Waals surface area contributed by atoms with Gasteiger partial charge in [-0.05, 0) is 19.3 Å². The Morgan fingerprint density at radius 3 is 1.82 bits per heavy atom. The Bertz CT molecular complexity index is 743. The number of hydrogen-bond acceptors (Lipinski definition) is 8. The molecule has 4 amide bonds. The average Bonchev–Trinajstić information content (AvgIpc) is 2.71. The van der Waals surface area contributed by atoms with Crippen molar-refractivity contribution < 1.29 is 44.1 Å². The third kappa shape index (κ3) is 10.7. The molecule has 10 N–H and O–H groups in total. The predicted molar refractivity (Wildman–Crippen MR) is 113 cm³/mol. The Kier molecular flexibility index (Phi) is 12.6. The molecular weight excluding hydrogens is 442 g/mol. The lowest BCUT2D eigenvalue weighted by atomic mass is 9.99. The Morgan fingerprint density at radius 1 is 0.879 bits per heavy atom. The Hall–Kier alpha value is -3.26. The van der Waals surface area contributed by atoms with Gasteiger partial charge in [0, 0.05) is 6.42 Å². The van der Waals surface area contributed by atoms with E-state index in [-0.39, 0.29) is 5.92 Å². The van der Waals surface area contributed by atoms with Gasteiger partial charge in [-0.3, -0.25) is 24.0 Å². The van der Waals surface area contributed by atoms with Crippen molar-refractivity contribution in [1.29, 1.82) is 0 Å². The smallest absolute Gasteiger partial charge is 0.328 e. The maximum Gasteiger partial charge on any atom is 0.328 e. The molecule has 33 heavy (non-hydrogen) atoms. The van der Waals surface area contributed by atoms with Crippen LogP contribution >= 0.6 is 0 Å². The maximum atomic E-state index is 12.7. The third-order valence-corrected chi connectivity index (χ3v) is 4.92. The summed E-state index contributed by atoms with van der Waals surface area (Å²) in [6.45, 7) is 4.62. The van der Waals surface area contributed by atoms with Crippen molar-refractivity contribution in [3.63, 3.8) is 0 Å². The molecule has 6 unspecified atom stereocenters. The van der Waals surface area contributed by atoms with Crippen molar-refractivity contribution in [3.8, 4) is 0 Å². The standard InChI is InChI=1S/C19H33N5O9/c1-4-8(2)14(21)18(31)23-11(7-12(20)26)17(30)22-10(5-6-13(27)28)16(29)24-15(9(3)25)19(32)33/h8-11,14-15,25H,4-7,21H2,1-3H3,(H2,20,26)(H,22,30)(H,23,31)(H,24,29)(H,27,28)(H,32,33). The lowest BCUT2D eigenvalue weighted by molar-refractivity contribution is -0.145. The zero-order chi connectivity index (χ0) is 25.9. The van der Waals surface area contributed by atoms with Gasteiger partial charge in [0.2, 0.25) is 23.6 Å². The van der Waals surface area contributed by atoms with Crippen molar-refractivity contribution in [2.75, 3.05) is 0 Å². The predicted octanol–water partition coefficient (Wildman–Crippen LogP) is -2.98. The van der Waals surface area contributed by atoms with Crippen LogP contribution in [0.5, 0.6) is 0 Å². The summed E-state index contributed by atoms with van der Waals surface area (Å²) < 4.78 is 0. The summed E-state index contributed by atoms with van der Waals surface area (Å²) in [6, 6.07) is -5.79. The highest BCUT2D eigenvalue weighted by Gasteiger charge is 2.33. The number of nitrogens with one attached hydrogen (secondary N) is 3. The third-order valence-electron chi connectivity index (χ3n) is 4.92.